The van der Waals surface area contributed by atoms with E-state index in [0.29, 0.717) is 17.9 Å². The summed E-state index contributed by atoms with van der Waals surface area (Å²) in [6, 6.07) is 17.5. The van der Waals surface area contributed by atoms with Gasteiger partial charge >= 0.3 is 0 Å². The fourth-order valence-corrected chi connectivity index (χ4v) is 4.09. The molecular formula is C21H20N2O2. The minimum absolute atomic E-state index is 0.0296. The van der Waals surface area contributed by atoms with Crippen LogP contribution in [0.15, 0.2) is 48.5 Å². The first-order valence-electron chi connectivity index (χ1n) is 8.62. The van der Waals surface area contributed by atoms with Gasteiger partial charge in [0.1, 0.15) is 11.8 Å². The molecule has 2 aromatic carbocycles. The second-order valence-electron chi connectivity index (χ2n) is 6.92. The molecule has 0 aromatic heterocycles. The minimum atomic E-state index is -0.543. The topological polar surface area (TPSA) is 53.3 Å². The number of rotatable bonds is 4. The Morgan fingerprint density at radius 1 is 1.24 bits per heavy atom. The normalized spacial score (nSPS) is 20.6. The molecule has 4 nitrogen and oxygen atoms in total. The highest BCUT2D eigenvalue weighted by Gasteiger charge is 2.46. The molecule has 25 heavy (non-hydrogen) atoms. The van der Waals surface area contributed by atoms with E-state index in [-0.39, 0.29) is 11.3 Å². The highest BCUT2D eigenvalue weighted by molar-refractivity contribution is 6.00. The van der Waals surface area contributed by atoms with Crippen LogP contribution in [0.3, 0.4) is 0 Å². The van der Waals surface area contributed by atoms with Gasteiger partial charge in [0, 0.05) is 23.1 Å². The average molecular weight is 332 g/mol. The molecule has 2 aromatic rings. The van der Waals surface area contributed by atoms with Gasteiger partial charge in [0.05, 0.1) is 13.2 Å². The van der Waals surface area contributed by atoms with Crippen molar-refractivity contribution in [2.24, 2.45) is 0 Å². The van der Waals surface area contributed by atoms with E-state index in [1.54, 1.807) is 24.1 Å². The summed E-state index contributed by atoms with van der Waals surface area (Å²) < 4.78 is 5.27. The fourth-order valence-electron chi connectivity index (χ4n) is 4.09. The van der Waals surface area contributed by atoms with E-state index in [4.69, 9.17) is 4.74 Å². The number of carbonyl (C=O) groups excluding carboxylic acids is 1. The lowest BCUT2D eigenvalue weighted by molar-refractivity contribution is 0.0645. The third kappa shape index (κ3) is 2.39. The van der Waals surface area contributed by atoms with Gasteiger partial charge in [-0.1, -0.05) is 36.8 Å². The third-order valence-corrected chi connectivity index (χ3v) is 5.65. The van der Waals surface area contributed by atoms with Gasteiger partial charge in [-0.25, -0.2) is 0 Å². The highest BCUT2D eigenvalue weighted by Crippen LogP contribution is 2.47. The van der Waals surface area contributed by atoms with E-state index in [9.17, 15) is 10.1 Å². The summed E-state index contributed by atoms with van der Waals surface area (Å²) in [6.07, 6.45) is 3.27. The molecule has 1 amide bonds. The van der Waals surface area contributed by atoms with E-state index in [1.807, 2.05) is 24.3 Å². The minimum Gasteiger partial charge on any atom is -0.497 e. The molecule has 1 unspecified atom stereocenters. The van der Waals surface area contributed by atoms with Crippen LogP contribution < -0.4 is 4.74 Å². The Kier molecular flexibility index (Phi) is 3.73. The maximum absolute atomic E-state index is 12.9. The molecule has 0 radical (unpaired) electrons. The standard InChI is InChI=1S/C21H20N2O2/c1-25-16-8-9-17-18(12-16)19(13-22)23(20(17)24)14-21(10-5-11-21)15-6-3-2-4-7-15/h2-4,6-9,12,19H,5,10-11,14H2,1H3. The number of nitriles is 1. The van der Waals surface area contributed by atoms with Crippen LogP contribution in [-0.4, -0.2) is 24.5 Å². The van der Waals surface area contributed by atoms with Gasteiger partial charge in [0.2, 0.25) is 0 Å². The molecule has 0 bridgehead atoms. The zero-order valence-corrected chi connectivity index (χ0v) is 14.2. The summed E-state index contributed by atoms with van der Waals surface area (Å²) in [5.74, 6) is 0.626. The molecule has 2 aliphatic rings. The van der Waals surface area contributed by atoms with Crippen molar-refractivity contribution in [1.82, 2.24) is 4.90 Å². The van der Waals surface area contributed by atoms with E-state index >= 15 is 0 Å². The molecule has 1 aliphatic heterocycles. The molecule has 1 heterocycles. The number of amides is 1. The lowest BCUT2D eigenvalue weighted by Gasteiger charge is -2.45. The molecule has 4 rings (SSSR count). The summed E-state index contributed by atoms with van der Waals surface area (Å²) in [6.45, 7) is 0.588. The summed E-state index contributed by atoms with van der Waals surface area (Å²) in [4.78, 5) is 14.7. The van der Waals surface area contributed by atoms with Gasteiger partial charge in [0.15, 0.2) is 0 Å². The molecule has 1 saturated carbocycles. The molecule has 1 atom stereocenters. The summed E-state index contributed by atoms with van der Waals surface area (Å²) in [5, 5.41) is 9.74. The zero-order valence-electron chi connectivity index (χ0n) is 14.2. The van der Waals surface area contributed by atoms with Crippen LogP contribution in [0.2, 0.25) is 0 Å². The molecule has 0 saturated heterocycles. The first kappa shape index (κ1) is 15.7. The van der Waals surface area contributed by atoms with Crippen LogP contribution in [0.5, 0.6) is 5.75 Å². The number of ether oxygens (including phenoxy) is 1. The summed E-state index contributed by atoms with van der Waals surface area (Å²) in [7, 11) is 1.59. The Balaban J connectivity index is 1.69. The Morgan fingerprint density at radius 3 is 2.60 bits per heavy atom. The summed E-state index contributed by atoms with van der Waals surface area (Å²) >= 11 is 0. The third-order valence-electron chi connectivity index (χ3n) is 5.65. The molecule has 126 valence electrons. The van der Waals surface area contributed by atoms with Crippen molar-refractivity contribution in [2.45, 2.75) is 30.7 Å². The van der Waals surface area contributed by atoms with Gasteiger partial charge < -0.3 is 9.64 Å². The van der Waals surface area contributed by atoms with Crippen molar-refractivity contribution < 1.29 is 9.53 Å². The maximum Gasteiger partial charge on any atom is 0.255 e. The zero-order chi connectivity index (χ0) is 17.4. The molecular weight excluding hydrogens is 312 g/mol. The predicted octanol–water partition coefficient (Wildman–Crippen LogP) is 3.84. The monoisotopic (exact) mass is 332 g/mol. The molecule has 0 spiro atoms. The van der Waals surface area contributed by atoms with Gasteiger partial charge in [0.25, 0.3) is 5.91 Å². The van der Waals surface area contributed by atoms with Crippen LogP contribution in [0.1, 0.15) is 46.8 Å². The fraction of sp³-hybridized carbons (Fsp3) is 0.333. The van der Waals surface area contributed by atoms with Crippen molar-refractivity contribution in [3.05, 3.63) is 65.2 Å². The van der Waals surface area contributed by atoms with Crippen molar-refractivity contribution in [3.8, 4) is 11.8 Å². The smallest absolute Gasteiger partial charge is 0.255 e. The highest BCUT2D eigenvalue weighted by atomic mass is 16.5. The number of carbonyl (C=O) groups is 1. The van der Waals surface area contributed by atoms with Crippen LogP contribution in [0, 0.1) is 11.3 Å². The van der Waals surface area contributed by atoms with E-state index in [0.717, 1.165) is 24.8 Å². The summed E-state index contributed by atoms with van der Waals surface area (Å²) in [5.41, 5.74) is 2.61. The molecule has 4 heteroatoms. The van der Waals surface area contributed by atoms with Gasteiger partial charge in [-0.2, -0.15) is 5.26 Å². The largest absolute Gasteiger partial charge is 0.497 e. The van der Waals surface area contributed by atoms with E-state index in [2.05, 4.69) is 18.2 Å². The second kappa shape index (κ2) is 5.93. The lowest BCUT2D eigenvalue weighted by atomic mass is 9.64. The first-order chi connectivity index (χ1) is 12.2. The van der Waals surface area contributed by atoms with Crippen molar-refractivity contribution in [1.29, 1.82) is 5.26 Å². The Labute approximate surface area is 147 Å². The van der Waals surface area contributed by atoms with Crippen molar-refractivity contribution >= 4 is 5.91 Å². The predicted molar refractivity (Wildman–Crippen MR) is 94.4 cm³/mol. The van der Waals surface area contributed by atoms with E-state index in [1.165, 1.54) is 5.56 Å². The number of nitrogens with zero attached hydrogens (tertiary/aromatic N) is 2. The van der Waals surface area contributed by atoms with Crippen LogP contribution in [-0.2, 0) is 5.41 Å². The SMILES string of the molecule is COc1ccc2c(c1)C(C#N)N(CC1(c3ccccc3)CCC1)C2=O. The van der Waals surface area contributed by atoms with Crippen molar-refractivity contribution in [3.63, 3.8) is 0 Å². The Morgan fingerprint density at radius 2 is 2.00 bits per heavy atom. The van der Waals surface area contributed by atoms with Crippen LogP contribution in [0.25, 0.3) is 0 Å². The number of fused-ring (bicyclic) bond motifs is 1. The Hall–Kier alpha value is -2.80. The number of methoxy groups -OCH3 is 1. The molecule has 0 N–H and O–H groups in total. The van der Waals surface area contributed by atoms with Gasteiger partial charge in [-0.3, -0.25) is 4.79 Å². The van der Waals surface area contributed by atoms with Crippen LogP contribution in [0.4, 0.5) is 0 Å². The second-order valence-corrected chi connectivity index (χ2v) is 6.92. The first-order valence-corrected chi connectivity index (χ1v) is 8.62. The van der Waals surface area contributed by atoms with E-state index < -0.39 is 6.04 Å². The molecule has 1 aliphatic carbocycles. The average Bonchev–Trinajstić information content (AvgIpc) is 2.89. The molecule has 1 fully saturated rings. The number of hydrogen-bond acceptors (Lipinski definition) is 3. The quantitative estimate of drug-likeness (QED) is 0.855. The van der Waals surface area contributed by atoms with Gasteiger partial charge in [-0.05, 0) is 36.6 Å². The maximum atomic E-state index is 12.9. The van der Waals surface area contributed by atoms with Crippen LogP contribution >= 0.6 is 0 Å². The Bertz CT molecular complexity index is 850. The van der Waals surface area contributed by atoms with Crippen molar-refractivity contribution in [2.75, 3.05) is 13.7 Å². The number of hydrogen-bond donors (Lipinski definition) is 0. The lowest BCUT2D eigenvalue weighted by Crippen LogP contribution is -2.46. The van der Waals surface area contributed by atoms with Gasteiger partial charge in [-0.15, -0.1) is 0 Å². The number of benzene rings is 2.